The Labute approximate surface area is 83.8 Å². The molecular formula is C7H10N2O6. The molecule has 4 atom stereocenters. The van der Waals surface area contributed by atoms with E-state index >= 15 is 0 Å². The number of nitrogens with one attached hydrogen (secondary N) is 2. The molecule has 8 nitrogen and oxygen atoms in total. The lowest BCUT2D eigenvalue weighted by molar-refractivity contribution is -0.153. The molecular weight excluding hydrogens is 208 g/mol. The summed E-state index contributed by atoms with van der Waals surface area (Å²) in [7, 11) is 0. The van der Waals surface area contributed by atoms with Crippen molar-refractivity contribution in [2.45, 2.75) is 24.0 Å². The van der Waals surface area contributed by atoms with E-state index in [1.807, 2.05) is 5.32 Å². The summed E-state index contributed by atoms with van der Waals surface area (Å²) < 4.78 is 4.97. The molecule has 3 amide bonds. The van der Waals surface area contributed by atoms with Gasteiger partial charge in [0.1, 0.15) is 18.3 Å². The highest BCUT2D eigenvalue weighted by molar-refractivity contribution is 6.06. The number of rotatable bonds is 1. The van der Waals surface area contributed by atoms with Crippen molar-refractivity contribution < 1.29 is 29.6 Å². The predicted octanol–water partition coefficient (Wildman–Crippen LogP) is -3.36. The highest BCUT2D eigenvalue weighted by Gasteiger charge is 2.63. The number of imide groups is 1. The van der Waals surface area contributed by atoms with Crippen LogP contribution in [-0.4, -0.2) is 57.9 Å². The maximum absolute atomic E-state index is 11.4. The standard InChI is InChI=1S/C7H10N2O6/c10-1-2-3(11)4(12)7(15-2)5(13)8-6(14)9-7/h2-4,10-12H,1H2,(H2,8,9,13,14)/t2-,3+,4-,7+/m1/s1. The monoisotopic (exact) mass is 218 g/mol. The summed E-state index contributed by atoms with van der Waals surface area (Å²) in [6, 6.07) is -0.815. The van der Waals surface area contributed by atoms with Crippen LogP contribution in [0.2, 0.25) is 0 Å². The molecule has 2 saturated heterocycles. The summed E-state index contributed by atoms with van der Waals surface area (Å²) in [6.07, 6.45) is -4.15. The van der Waals surface area contributed by atoms with E-state index in [1.54, 1.807) is 0 Å². The summed E-state index contributed by atoms with van der Waals surface area (Å²) >= 11 is 0. The molecule has 2 aliphatic rings. The van der Waals surface area contributed by atoms with E-state index in [1.165, 1.54) is 0 Å². The number of aliphatic hydroxyl groups is 3. The largest absolute Gasteiger partial charge is 0.394 e. The molecule has 0 radical (unpaired) electrons. The Kier molecular flexibility index (Phi) is 2.15. The zero-order valence-electron chi connectivity index (χ0n) is 7.51. The number of carbonyl (C=O) groups excluding carboxylic acids is 2. The van der Waals surface area contributed by atoms with Gasteiger partial charge in [0, 0.05) is 0 Å². The van der Waals surface area contributed by atoms with Crippen LogP contribution in [0, 0.1) is 0 Å². The molecule has 2 rings (SSSR count). The van der Waals surface area contributed by atoms with Crippen molar-refractivity contribution in [1.82, 2.24) is 10.6 Å². The lowest BCUT2D eigenvalue weighted by Crippen LogP contribution is -2.56. The van der Waals surface area contributed by atoms with Gasteiger partial charge >= 0.3 is 6.03 Å². The smallest absolute Gasteiger partial charge is 0.324 e. The minimum absolute atomic E-state index is 0.566. The van der Waals surface area contributed by atoms with Crippen molar-refractivity contribution in [3.05, 3.63) is 0 Å². The highest BCUT2D eigenvalue weighted by atomic mass is 16.6. The maximum atomic E-state index is 11.4. The zero-order chi connectivity index (χ0) is 11.2. The fraction of sp³-hybridized carbons (Fsp3) is 0.714. The summed E-state index contributed by atoms with van der Waals surface area (Å²) in [5.74, 6) is -0.880. The Morgan fingerprint density at radius 3 is 2.47 bits per heavy atom. The molecule has 15 heavy (non-hydrogen) atoms. The fourth-order valence-electron chi connectivity index (χ4n) is 1.71. The first-order chi connectivity index (χ1) is 7.01. The molecule has 2 fully saturated rings. The molecule has 0 aromatic rings. The normalized spacial score (nSPS) is 44.6. The topological polar surface area (TPSA) is 128 Å². The first kappa shape index (κ1) is 10.3. The Morgan fingerprint density at radius 1 is 1.40 bits per heavy atom. The van der Waals surface area contributed by atoms with Crippen molar-refractivity contribution in [2.24, 2.45) is 0 Å². The van der Waals surface area contributed by atoms with Crippen molar-refractivity contribution in [3.8, 4) is 0 Å². The summed E-state index contributed by atoms with van der Waals surface area (Å²) in [6.45, 7) is -0.566. The number of urea groups is 1. The Bertz CT molecular complexity index is 321. The first-order valence-corrected chi connectivity index (χ1v) is 4.29. The van der Waals surface area contributed by atoms with Gasteiger partial charge in [0.05, 0.1) is 6.61 Å². The van der Waals surface area contributed by atoms with Gasteiger partial charge in [0.2, 0.25) is 0 Å². The molecule has 0 aliphatic carbocycles. The second-order valence-corrected chi connectivity index (χ2v) is 3.42. The van der Waals surface area contributed by atoms with Gasteiger partial charge in [-0.25, -0.2) is 4.79 Å². The molecule has 84 valence electrons. The third-order valence-electron chi connectivity index (χ3n) is 2.50. The predicted molar refractivity (Wildman–Crippen MR) is 43.4 cm³/mol. The SMILES string of the molecule is O=C1NC(=O)[C@@]2(N1)O[C@H](CO)[C@H](O)[C@H]2O. The first-order valence-electron chi connectivity index (χ1n) is 4.29. The summed E-state index contributed by atoms with van der Waals surface area (Å²) in [5, 5.41) is 31.8. The number of carbonyl (C=O) groups is 2. The minimum atomic E-state index is -1.98. The van der Waals surface area contributed by atoms with Gasteiger partial charge in [0.15, 0.2) is 0 Å². The van der Waals surface area contributed by atoms with E-state index in [0.717, 1.165) is 0 Å². The van der Waals surface area contributed by atoms with Crippen LogP contribution in [0.1, 0.15) is 0 Å². The van der Waals surface area contributed by atoms with Crippen LogP contribution in [0.25, 0.3) is 0 Å². The van der Waals surface area contributed by atoms with E-state index in [-0.39, 0.29) is 0 Å². The van der Waals surface area contributed by atoms with E-state index < -0.39 is 42.6 Å². The summed E-state index contributed by atoms with van der Waals surface area (Å²) in [4.78, 5) is 22.2. The highest BCUT2D eigenvalue weighted by Crippen LogP contribution is 2.31. The van der Waals surface area contributed by atoms with Gasteiger partial charge in [-0.1, -0.05) is 0 Å². The van der Waals surface area contributed by atoms with Gasteiger partial charge in [-0.15, -0.1) is 0 Å². The number of aliphatic hydroxyl groups excluding tert-OH is 3. The second-order valence-electron chi connectivity index (χ2n) is 3.42. The van der Waals surface area contributed by atoms with Gasteiger partial charge in [-0.05, 0) is 0 Å². The molecule has 8 heteroatoms. The number of amides is 3. The molecule has 0 saturated carbocycles. The fourth-order valence-corrected chi connectivity index (χ4v) is 1.71. The number of hydrogen-bond acceptors (Lipinski definition) is 6. The van der Waals surface area contributed by atoms with Crippen LogP contribution in [0.5, 0.6) is 0 Å². The van der Waals surface area contributed by atoms with Crippen LogP contribution in [0.3, 0.4) is 0 Å². The van der Waals surface area contributed by atoms with Crippen molar-refractivity contribution >= 4 is 11.9 Å². The molecule has 5 N–H and O–H groups in total. The molecule has 0 aromatic carbocycles. The average molecular weight is 218 g/mol. The van der Waals surface area contributed by atoms with Crippen molar-refractivity contribution in [3.63, 3.8) is 0 Å². The number of ether oxygens (including phenoxy) is 1. The van der Waals surface area contributed by atoms with Crippen LogP contribution in [-0.2, 0) is 9.53 Å². The molecule has 2 aliphatic heterocycles. The van der Waals surface area contributed by atoms with E-state index in [4.69, 9.17) is 9.84 Å². The van der Waals surface area contributed by atoms with Crippen LogP contribution >= 0.6 is 0 Å². The van der Waals surface area contributed by atoms with Crippen molar-refractivity contribution in [1.29, 1.82) is 0 Å². The van der Waals surface area contributed by atoms with Crippen LogP contribution in [0.4, 0.5) is 4.79 Å². The van der Waals surface area contributed by atoms with Gasteiger partial charge in [0.25, 0.3) is 11.6 Å². The molecule has 0 unspecified atom stereocenters. The average Bonchev–Trinajstić information content (AvgIpc) is 2.60. The maximum Gasteiger partial charge on any atom is 0.324 e. The van der Waals surface area contributed by atoms with Crippen molar-refractivity contribution in [2.75, 3.05) is 6.61 Å². The third kappa shape index (κ3) is 1.23. The molecule has 1 spiro atoms. The number of hydrogen-bond donors (Lipinski definition) is 5. The Morgan fingerprint density at radius 2 is 2.07 bits per heavy atom. The lowest BCUT2D eigenvalue weighted by atomic mass is 10.0. The molecule has 0 bridgehead atoms. The van der Waals surface area contributed by atoms with E-state index in [0.29, 0.717) is 0 Å². The van der Waals surface area contributed by atoms with Gasteiger partial charge < -0.3 is 20.1 Å². The molecule has 0 aromatic heterocycles. The van der Waals surface area contributed by atoms with Crippen LogP contribution in [0.15, 0.2) is 0 Å². The molecule has 2 heterocycles. The van der Waals surface area contributed by atoms with Gasteiger partial charge in [-0.2, -0.15) is 0 Å². The van der Waals surface area contributed by atoms with Gasteiger partial charge in [-0.3, -0.25) is 15.4 Å². The zero-order valence-corrected chi connectivity index (χ0v) is 7.51. The van der Waals surface area contributed by atoms with E-state index in [2.05, 4.69) is 5.32 Å². The third-order valence-corrected chi connectivity index (χ3v) is 2.50. The second kappa shape index (κ2) is 3.14. The van der Waals surface area contributed by atoms with E-state index in [9.17, 15) is 19.8 Å². The quantitative estimate of drug-likeness (QED) is 0.292. The van der Waals surface area contributed by atoms with Crippen LogP contribution < -0.4 is 10.6 Å². The Balaban J connectivity index is 2.30. The minimum Gasteiger partial charge on any atom is -0.394 e. The Hall–Kier alpha value is -1.22. The summed E-state index contributed by atoms with van der Waals surface area (Å²) in [5.41, 5.74) is -1.98. The lowest BCUT2D eigenvalue weighted by Gasteiger charge is -2.22.